The summed E-state index contributed by atoms with van der Waals surface area (Å²) in [5.41, 5.74) is 0. The van der Waals surface area contributed by atoms with Crippen LogP contribution in [0.3, 0.4) is 0 Å². The maximum atomic E-state index is 12.2. The number of aromatic nitrogens is 1. The van der Waals surface area contributed by atoms with Gasteiger partial charge in [-0.15, -0.1) is 11.3 Å². The van der Waals surface area contributed by atoms with E-state index in [4.69, 9.17) is 4.74 Å². The zero-order valence-corrected chi connectivity index (χ0v) is 13.0. The Morgan fingerprint density at radius 1 is 0.955 bits per heavy atom. The summed E-state index contributed by atoms with van der Waals surface area (Å²) in [4.78, 5) is 4.06. The molecule has 112 valence electrons. The molecule has 3 rings (SSSR count). The Kier molecular flexibility index (Phi) is 4.08. The van der Waals surface area contributed by atoms with E-state index in [1.54, 1.807) is 23.7 Å². The minimum absolute atomic E-state index is 0.156. The van der Waals surface area contributed by atoms with Crippen molar-refractivity contribution in [3.63, 3.8) is 0 Å². The summed E-state index contributed by atoms with van der Waals surface area (Å²) in [6.07, 6.45) is 1.54. The summed E-state index contributed by atoms with van der Waals surface area (Å²) in [6, 6.07) is 15.5. The van der Waals surface area contributed by atoms with Crippen LogP contribution >= 0.6 is 11.3 Å². The van der Waals surface area contributed by atoms with Crippen LogP contribution in [0.5, 0.6) is 11.5 Å². The van der Waals surface area contributed by atoms with Crippen LogP contribution in [0.1, 0.15) is 0 Å². The molecule has 0 unspecified atom stereocenters. The van der Waals surface area contributed by atoms with E-state index in [0.29, 0.717) is 16.6 Å². The zero-order chi connectivity index (χ0) is 15.4. The van der Waals surface area contributed by atoms with Gasteiger partial charge in [-0.05, 0) is 36.4 Å². The molecule has 7 heteroatoms. The van der Waals surface area contributed by atoms with E-state index in [1.165, 1.54) is 23.5 Å². The molecule has 0 radical (unpaired) electrons. The van der Waals surface area contributed by atoms with E-state index in [9.17, 15) is 8.42 Å². The van der Waals surface area contributed by atoms with Gasteiger partial charge < -0.3 is 4.74 Å². The van der Waals surface area contributed by atoms with Gasteiger partial charge in [-0.25, -0.2) is 13.4 Å². The molecule has 0 fully saturated rings. The molecule has 0 aliphatic rings. The molecule has 0 saturated carbocycles. The molecule has 2 aromatic carbocycles. The molecule has 0 aliphatic carbocycles. The fourth-order valence-corrected chi connectivity index (χ4v) is 3.55. The van der Waals surface area contributed by atoms with Crippen LogP contribution in [-0.2, 0) is 10.0 Å². The van der Waals surface area contributed by atoms with Crippen LogP contribution in [0.2, 0.25) is 0 Å². The third kappa shape index (κ3) is 3.44. The van der Waals surface area contributed by atoms with Crippen molar-refractivity contribution in [1.29, 1.82) is 0 Å². The van der Waals surface area contributed by atoms with Crippen LogP contribution < -0.4 is 9.46 Å². The first-order valence-electron chi connectivity index (χ1n) is 6.39. The molecule has 1 heterocycles. The minimum Gasteiger partial charge on any atom is -0.457 e. The maximum absolute atomic E-state index is 12.2. The van der Waals surface area contributed by atoms with Gasteiger partial charge in [0.05, 0.1) is 4.90 Å². The normalized spacial score (nSPS) is 11.1. The first-order valence-corrected chi connectivity index (χ1v) is 8.75. The van der Waals surface area contributed by atoms with Crippen LogP contribution in [0.4, 0.5) is 5.13 Å². The van der Waals surface area contributed by atoms with Crippen molar-refractivity contribution in [2.24, 2.45) is 0 Å². The largest absolute Gasteiger partial charge is 0.457 e. The zero-order valence-electron chi connectivity index (χ0n) is 11.3. The highest BCUT2D eigenvalue weighted by Gasteiger charge is 2.15. The highest BCUT2D eigenvalue weighted by molar-refractivity contribution is 7.93. The Balaban J connectivity index is 1.76. The van der Waals surface area contributed by atoms with E-state index in [0.717, 1.165) is 0 Å². The van der Waals surface area contributed by atoms with Gasteiger partial charge in [0.15, 0.2) is 5.13 Å². The quantitative estimate of drug-likeness (QED) is 0.773. The smallest absolute Gasteiger partial charge is 0.263 e. The fraction of sp³-hybridized carbons (Fsp3) is 0. The number of rotatable bonds is 5. The lowest BCUT2D eigenvalue weighted by molar-refractivity contribution is 0.482. The summed E-state index contributed by atoms with van der Waals surface area (Å²) >= 11 is 1.22. The number of nitrogens with zero attached hydrogens (tertiary/aromatic N) is 1. The van der Waals surface area contributed by atoms with Crippen molar-refractivity contribution in [1.82, 2.24) is 4.98 Å². The van der Waals surface area contributed by atoms with E-state index < -0.39 is 10.0 Å². The Morgan fingerprint density at radius 3 is 2.27 bits per heavy atom. The number of anilines is 1. The highest BCUT2D eigenvalue weighted by atomic mass is 32.2. The third-order valence-corrected chi connectivity index (χ3v) is 4.94. The van der Waals surface area contributed by atoms with Crippen molar-refractivity contribution < 1.29 is 13.2 Å². The standard InChI is InChI=1S/C15H12N2O3S2/c18-22(19,17-15-16-10-11-21-15)14-8-6-13(7-9-14)20-12-4-2-1-3-5-12/h1-11H,(H,16,17). The molecule has 0 aliphatic heterocycles. The number of thiazole rings is 1. The number of benzene rings is 2. The van der Waals surface area contributed by atoms with Crippen molar-refractivity contribution in [2.75, 3.05) is 4.72 Å². The molecule has 1 aromatic heterocycles. The van der Waals surface area contributed by atoms with Crippen LogP contribution in [0.25, 0.3) is 0 Å². The first kappa shape index (κ1) is 14.6. The van der Waals surface area contributed by atoms with Gasteiger partial charge in [0.2, 0.25) is 0 Å². The lowest BCUT2D eigenvalue weighted by atomic mass is 10.3. The van der Waals surface area contributed by atoms with Gasteiger partial charge in [-0.3, -0.25) is 4.72 Å². The second kappa shape index (κ2) is 6.17. The first-order chi connectivity index (χ1) is 10.6. The lowest BCUT2D eigenvalue weighted by Crippen LogP contribution is -2.12. The van der Waals surface area contributed by atoms with Crippen LogP contribution in [0, 0.1) is 0 Å². The summed E-state index contributed by atoms with van der Waals surface area (Å²) in [6.45, 7) is 0. The molecule has 3 aromatic rings. The van der Waals surface area contributed by atoms with Gasteiger partial charge in [-0.2, -0.15) is 0 Å². The van der Waals surface area contributed by atoms with Gasteiger partial charge >= 0.3 is 0 Å². The molecular weight excluding hydrogens is 320 g/mol. The third-order valence-electron chi connectivity index (χ3n) is 2.77. The SMILES string of the molecule is O=S(=O)(Nc1nccs1)c1ccc(Oc2ccccc2)cc1. The molecule has 5 nitrogen and oxygen atoms in total. The van der Waals surface area contributed by atoms with Gasteiger partial charge in [0.1, 0.15) is 11.5 Å². The van der Waals surface area contributed by atoms with Crippen LogP contribution in [-0.4, -0.2) is 13.4 Å². The van der Waals surface area contributed by atoms with Crippen molar-refractivity contribution in [3.05, 3.63) is 66.2 Å². The second-order valence-electron chi connectivity index (χ2n) is 4.33. The van der Waals surface area contributed by atoms with E-state index >= 15 is 0 Å². The van der Waals surface area contributed by atoms with Crippen molar-refractivity contribution in [3.8, 4) is 11.5 Å². The van der Waals surface area contributed by atoms with Crippen LogP contribution in [0.15, 0.2) is 71.1 Å². The van der Waals surface area contributed by atoms with E-state index in [1.807, 2.05) is 30.3 Å². The summed E-state index contributed by atoms with van der Waals surface area (Å²) in [5.74, 6) is 1.26. The Bertz CT molecular complexity index is 830. The van der Waals surface area contributed by atoms with Gasteiger partial charge in [-0.1, -0.05) is 18.2 Å². The monoisotopic (exact) mass is 332 g/mol. The molecule has 0 saturated heterocycles. The van der Waals surface area contributed by atoms with Crippen molar-refractivity contribution in [2.45, 2.75) is 4.90 Å². The second-order valence-corrected chi connectivity index (χ2v) is 6.91. The summed E-state index contributed by atoms with van der Waals surface area (Å²) in [7, 11) is -3.63. The number of hydrogen-bond donors (Lipinski definition) is 1. The molecule has 0 amide bonds. The van der Waals surface area contributed by atoms with Gasteiger partial charge in [0, 0.05) is 11.6 Å². The predicted molar refractivity (Wildman–Crippen MR) is 85.9 cm³/mol. The maximum Gasteiger partial charge on any atom is 0.263 e. The van der Waals surface area contributed by atoms with Crippen molar-refractivity contribution >= 4 is 26.5 Å². The Morgan fingerprint density at radius 2 is 1.64 bits per heavy atom. The number of hydrogen-bond acceptors (Lipinski definition) is 5. The number of nitrogens with one attached hydrogen (secondary N) is 1. The number of ether oxygens (including phenoxy) is 1. The molecule has 22 heavy (non-hydrogen) atoms. The average molecular weight is 332 g/mol. The number of sulfonamides is 1. The topological polar surface area (TPSA) is 68.3 Å². The molecular formula is C15H12N2O3S2. The minimum atomic E-state index is -3.63. The van der Waals surface area contributed by atoms with E-state index in [2.05, 4.69) is 9.71 Å². The molecule has 0 atom stereocenters. The molecule has 0 bridgehead atoms. The van der Waals surface area contributed by atoms with E-state index in [-0.39, 0.29) is 4.90 Å². The molecule has 1 N–H and O–H groups in total. The summed E-state index contributed by atoms with van der Waals surface area (Å²) in [5, 5.41) is 2.04. The Hall–Kier alpha value is -2.38. The molecule has 0 spiro atoms. The highest BCUT2D eigenvalue weighted by Crippen LogP contribution is 2.24. The lowest BCUT2D eigenvalue weighted by Gasteiger charge is -2.08. The van der Waals surface area contributed by atoms with Gasteiger partial charge in [0.25, 0.3) is 10.0 Å². The Labute approximate surface area is 132 Å². The fourth-order valence-electron chi connectivity index (χ4n) is 1.76. The average Bonchev–Trinajstić information content (AvgIpc) is 3.01. The predicted octanol–water partition coefficient (Wildman–Crippen LogP) is 3.74. The number of para-hydroxylation sites is 1. The summed E-state index contributed by atoms with van der Waals surface area (Å²) < 4.78 is 32.4.